The molecule has 0 unspecified atom stereocenters. The summed E-state index contributed by atoms with van der Waals surface area (Å²) < 4.78 is 0. The van der Waals surface area contributed by atoms with E-state index in [4.69, 9.17) is 10.8 Å². The minimum atomic E-state index is -1.02. The van der Waals surface area contributed by atoms with E-state index < -0.39 is 12.0 Å². The largest absolute Gasteiger partial charge is 0.480 e. The number of carbonyl (C=O) groups is 1. The van der Waals surface area contributed by atoms with E-state index in [0.29, 0.717) is 5.69 Å². The van der Waals surface area contributed by atoms with Crippen LogP contribution in [0.2, 0.25) is 0 Å². The standard InChI is InChI=1S/C6H9N3O2.Ni/c7-5(6(10)11)1-4-2-8-3-9-4;/h2-3,5H,1,7H2,(H2,8,9,10,11);/p-1/t5-;/m0./s1. The molecule has 0 saturated heterocycles. The Bertz CT molecular complexity index is 237. The van der Waals surface area contributed by atoms with Gasteiger partial charge in [0.05, 0.1) is 0 Å². The fraction of sp³-hybridized carbons (Fsp3) is 0.333. The van der Waals surface area contributed by atoms with E-state index in [1.54, 1.807) is 0 Å². The Morgan fingerprint density at radius 1 is 1.83 bits per heavy atom. The Kier molecular flexibility index (Phi) is 4.55. The maximum absolute atomic E-state index is 10.3. The second-order valence-corrected chi connectivity index (χ2v) is 2.16. The molecule has 0 aromatic carbocycles. The van der Waals surface area contributed by atoms with Gasteiger partial charge in [-0.15, -0.1) is 0 Å². The maximum Gasteiger partial charge on any atom is 0.320 e. The van der Waals surface area contributed by atoms with Crippen molar-refractivity contribution >= 4 is 5.97 Å². The third kappa shape index (κ3) is 3.02. The quantitative estimate of drug-likeness (QED) is 0.627. The van der Waals surface area contributed by atoms with Crippen LogP contribution >= 0.6 is 0 Å². The predicted octanol–water partition coefficient (Wildman–Crippen LogP) is -1.01. The first-order valence-electron chi connectivity index (χ1n) is 3.10. The number of carboxylic acids is 1. The monoisotopic (exact) mass is 212 g/mol. The smallest absolute Gasteiger partial charge is 0.320 e. The zero-order valence-corrected chi connectivity index (χ0v) is 7.07. The summed E-state index contributed by atoms with van der Waals surface area (Å²) in [6, 6.07) is -0.883. The number of nitrogens with zero attached hydrogens (tertiary/aromatic N) is 2. The minimum Gasteiger partial charge on any atom is -0.480 e. The molecular weight excluding hydrogens is 205 g/mol. The van der Waals surface area contributed by atoms with Crippen molar-refractivity contribution in [3.05, 3.63) is 18.2 Å². The number of aliphatic carboxylic acids is 1. The van der Waals surface area contributed by atoms with Crippen molar-refractivity contribution in [2.45, 2.75) is 12.5 Å². The summed E-state index contributed by atoms with van der Waals surface area (Å²) in [4.78, 5) is 17.7. The first kappa shape index (κ1) is 11.1. The summed E-state index contributed by atoms with van der Waals surface area (Å²) >= 11 is 0. The number of hydrogen-bond donors (Lipinski definition) is 2. The average molecular weight is 213 g/mol. The third-order valence-corrected chi connectivity index (χ3v) is 1.26. The zero-order chi connectivity index (χ0) is 8.27. The van der Waals surface area contributed by atoms with Gasteiger partial charge in [0.15, 0.2) is 0 Å². The van der Waals surface area contributed by atoms with Gasteiger partial charge in [0, 0.05) is 16.5 Å². The van der Waals surface area contributed by atoms with Crippen molar-refractivity contribution in [2.75, 3.05) is 0 Å². The molecule has 1 aromatic rings. The molecule has 0 bridgehead atoms. The van der Waals surface area contributed by atoms with Crippen molar-refractivity contribution in [3.63, 3.8) is 0 Å². The van der Waals surface area contributed by atoms with Crippen LogP contribution in [0.4, 0.5) is 0 Å². The summed E-state index contributed by atoms with van der Waals surface area (Å²) in [6.07, 6.45) is 3.10. The molecule has 6 heteroatoms. The molecule has 1 aromatic heterocycles. The molecule has 0 aliphatic rings. The number of carboxylic acid groups (broad SMARTS) is 1. The van der Waals surface area contributed by atoms with E-state index in [1.807, 2.05) is 0 Å². The van der Waals surface area contributed by atoms with E-state index in [-0.39, 0.29) is 22.9 Å². The second-order valence-electron chi connectivity index (χ2n) is 2.16. The van der Waals surface area contributed by atoms with Gasteiger partial charge < -0.3 is 20.8 Å². The zero-order valence-electron chi connectivity index (χ0n) is 6.08. The van der Waals surface area contributed by atoms with Gasteiger partial charge in [-0.3, -0.25) is 4.79 Å². The van der Waals surface area contributed by atoms with Crippen LogP contribution in [-0.4, -0.2) is 22.1 Å². The number of hydrogen-bond acceptors (Lipinski definition) is 3. The van der Waals surface area contributed by atoms with Crippen LogP contribution in [0, 0.1) is 0 Å². The van der Waals surface area contributed by atoms with Crippen LogP contribution in [0.15, 0.2) is 12.5 Å². The van der Waals surface area contributed by atoms with Gasteiger partial charge in [-0.25, -0.2) is 0 Å². The van der Waals surface area contributed by atoms with Crippen LogP contribution in [0.5, 0.6) is 0 Å². The fourth-order valence-electron chi connectivity index (χ4n) is 0.678. The molecule has 0 saturated carbocycles. The Morgan fingerprint density at radius 2 is 2.50 bits per heavy atom. The number of imidazole rings is 1. The van der Waals surface area contributed by atoms with Crippen LogP contribution in [0.25, 0.3) is 0 Å². The average Bonchev–Trinajstić information content (AvgIpc) is 2.39. The van der Waals surface area contributed by atoms with Gasteiger partial charge in [-0.05, 0) is 6.42 Å². The van der Waals surface area contributed by atoms with Crippen molar-refractivity contribution in [1.82, 2.24) is 9.97 Å². The molecule has 3 N–H and O–H groups in total. The van der Waals surface area contributed by atoms with Gasteiger partial charge in [-0.2, -0.15) is 0 Å². The van der Waals surface area contributed by atoms with Crippen molar-refractivity contribution in [1.29, 1.82) is 0 Å². The van der Waals surface area contributed by atoms with Crippen molar-refractivity contribution < 1.29 is 26.4 Å². The van der Waals surface area contributed by atoms with E-state index in [9.17, 15) is 4.79 Å². The Balaban J connectivity index is 0.00000121. The molecule has 0 spiro atoms. The number of nitrogens with two attached hydrogens (primary N) is 1. The molecule has 0 amide bonds. The number of aromatic nitrogens is 2. The van der Waals surface area contributed by atoms with Gasteiger partial charge in [0.25, 0.3) is 0 Å². The maximum atomic E-state index is 10.3. The topological polar surface area (TPSA) is 90.3 Å². The van der Waals surface area contributed by atoms with Gasteiger partial charge in [-0.1, -0.05) is 18.2 Å². The number of rotatable bonds is 3. The Labute approximate surface area is 79.3 Å². The minimum absolute atomic E-state index is 0. The predicted molar refractivity (Wildman–Crippen MR) is 36.9 cm³/mol. The molecule has 0 aliphatic heterocycles. The molecular formula is C6H8N3NiO2-. The SMILES string of the molecule is N[C@@H](Cc1c[n-]cn1)C(=O)O.[Ni]. The van der Waals surface area contributed by atoms with E-state index in [2.05, 4.69) is 9.97 Å². The van der Waals surface area contributed by atoms with Crippen LogP contribution in [0.1, 0.15) is 5.69 Å². The van der Waals surface area contributed by atoms with E-state index in [0.717, 1.165) is 0 Å². The Hall–Kier alpha value is -0.866. The molecule has 0 radical (unpaired) electrons. The Morgan fingerprint density at radius 3 is 2.92 bits per heavy atom. The summed E-state index contributed by atoms with van der Waals surface area (Å²) in [5.74, 6) is -1.02. The molecule has 0 fully saturated rings. The van der Waals surface area contributed by atoms with Crippen LogP contribution in [-0.2, 0) is 27.7 Å². The first-order chi connectivity index (χ1) is 5.20. The normalized spacial score (nSPS) is 11.8. The van der Waals surface area contributed by atoms with E-state index >= 15 is 0 Å². The second kappa shape index (κ2) is 4.90. The van der Waals surface area contributed by atoms with Crippen molar-refractivity contribution in [2.24, 2.45) is 5.73 Å². The first-order valence-corrected chi connectivity index (χ1v) is 3.10. The van der Waals surface area contributed by atoms with E-state index in [1.165, 1.54) is 12.5 Å². The molecule has 1 rings (SSSR count). The summed E-state index contributed by atoms with van der Waals surface area (Å²) in [6.45, 7) is 0. The van der Waals surface area contributed by atoms with Gasteiger partial charge >= 0.3 is 5.97 Å². The van der Waals surface area contributed by atoms with Gasteiger partial charge in [0.2, 0.25) is 0 Å². The molecule has 5 nitrogen and oxygen atoms in total. The summed E-state index contributed by atoms with van der Waals surface area (Å²) in [5, 5.41) is 8.41. The fourth-order valence-corrected chi connectivity index (χ4v) is 0.678. The van der Waals surface area contributed by atoms with Crippen molar-refractivity contribution in [3.8, 4) is 0 Å². The summed E-state index contributed by atoms with van der Waals surface area (Å²) in [5.41, 5.74) is 5.85. The van der Waals surface area contributed by atoms with Crippen LogP contribution in [0.3, 0.4) is 0 Å². The van der Waals surface area contributed by atoms with Crippen LogP contribution < -0.4 is 10.7 Å². The molecule has 70 valence electrons. The molecule has 12 heavy (non-hydrogen) atoms. The summed E-state index contributed by atoms with van der Waals surface area (Å²) in [7, 11) is 0. The molecule has 1 atom stereocenters. The molecule has 1 heterocycles. The molecule has 0 aliphatic carbocycles. The van der Waals surface area contributed by atoms with Gasteiger partial charge in [0.1, 0.15) is 6.04 Å². The third-order valence-electron chi connectivity index (χ3n) is 1.26.